The Kier molecular flexibility index (Phi) is 1.62. The SMILES string of the molecule is C[C@@]12C[C@@]3(O)C[C@@](O)(C1)S[C@](C)(C3)S2. The number of aliphatic hydroxyl groups is 2. The second-order valence-corrected chi connectivity index (χ2v) is 9.88. The summed E-state index contributed by atoms with van der Waals surface area (Å²) < 4.78 is 0.104. The minimum atomic E-state index is -0.667. The van der Waals surface area contributed by atoms with Gasteiger partial charge in [-0.1, -0.05) is 6.92 Å². The van der Waals surface area contributed by atoms with Gasteiger partial charge >= 0.3 is 0 Å². The molecule has 1 saturated carbocycles. The maximum absolute atomic E-state index is 10.4. The molecule has 2 nitrogen and oxygen atoms in total. The summed E-state index contributed by atoms with van der Waals surface area (Å²) in [4.78, 5) is -0.667. The lowest BCUT2D eigenvalue weighted by Crippen LogP contribution is -2.64. The van der Waals surface area contributed by atoms with Gasteiger partial charge in [0.1, 0.15) is 4.93 Å². The van der Waals surface area contributed by atoms with Crippen molar-refractivity contribution >= 4 is 23.5 Å². The molecule has 14 heavy (non-hydrogen) atoms. The Hall–Kier alpha value is 0.620. The van der Waals surface area contributed by atoms with E-state index in [9.17, 15) is 10.2 Å². The van der Waals surface area contributed by atoms with E-state index in [0.717, 1.165) is 19.3 Å². The van der Waals surface area contributed by atoms with Gasteiger partial charge in [-0.05, 0) is 19.8 Å². The fourth-order valence-electron chi connectivity index (χ4n) is 3.87. The van der Waals surface area contributed by atoms with Crippen molar-refractivity contribution in [1.82, 2.24) is 0 Å². The molecule has 4 bridgehead atoms. The second kappa shape index (κ2) is 2.31. The third-order valence-corrected chi connectivity index (χ3v) is 6.58. The first-order chi connectivity index (χ1) is 6.24. The van der Waals surface area contributed by atoms with E-state index in [1.807, 2.05) is 11.8 Å². The molecule has 0 unspecified atom stereocenters. The van der Waals surface area contributed by atoms with Gasteiger partial charge in [0, 0.05) is 17.6 Å². The highest BCUT2D eigenvalue weighted by atomic mass is 32.2. The van der Waals surface area contributed by atoms with E-state index >= 15 is 0 Å². The van der Waals surface area contributed by atoms with Crippen LogP contribution in [0, 0.1) is 0 Å². The molecule has 3 saturated heterocycles. The van der Waals surface area contributed by atoms with Gasteiger partial charge in [-0.25, -0.2) is 0 Å². The molecule has 4 heteroatoms. The molecule has 0 spiro atoms. The Labute approximate surface area is 92.8 Å². The minimum absolute atomic E-state index is 0.0208. The van der Waals surface area contributed by atoms with E-state index in [2.05, 4.69) is 13.8 Å². The number of hydrogen-bond donors (Lipinski definition) is 2. The van der Waals surface area contributed by atoms with Gasteiger partial charge in [0.25, 0.3) is 0 Å². The fourth-order valence-corrected chi connectivity index (χ4v) is 9.10. The molecule has 4 rings (SSSR count). The Balaban J connectivity index is 2.08. The molecule has 4 atom stereocenters. The molecule has 2 N–H and O–H groups in total. The summed E-state index contributed by atoms with van der Waals surface area (Å²) in [6.07, 6.45) is 3.07. The fraction of sp³-hybridized carbons (Fsp3) is 1.00. The molecular formula is C10H16O2S2. The van der Waals surface area contributed by atoms with E-state index < -0.39 is 10.5 Å². The summed E-state index contributed by atoms with van der Waals surface area (Å²) in [5.74, 6) is 0. The third-order valence-electron chi connectivity index (χ3n) is 3.48. The van der Waals surface area contributed by atoms with Crippen molar-refractivity contribution in [2.24, 2.45) is 0 Å². The van der Waals surface area contributed by atoms with Gasteiger partial charge in [-0.2, -0.15) is 0 Å². The highest BCUT2D eigenvalue weighted by Gasteiger charge is 2.66. The van der Waals surface area contributed by atoms with Crippen LogP contribution in [-0.4, -0.2) is 29.6 Å². The van der Waals surface area contributed by atoms with Crippen LogP contribution >= 0.6 is 23.5 Å². The zero-order chi connectivity index (χ0) is 10.2. The zero-order valence-electron chi connectivity index (χ0n) is 8.54. The van der Waals surface area contributed by atoms with E-state index in [0.29, 0.717) is 6.42 Å². The lowest BCUT2D eigenvalue weighted by atomic mass is 9.73. The Morgan fingerprint density at radius 3 is 2.14 bits per heavy atom. The van der Waals surface area contributed by atoms with Crippen LogP contribution in [0.15, 0.2) is 0 Å². The second-order valence-electron chi connectivity index (χ2n) is 5.67. The van der Waals surface area contributed by atoms with Crippen LogP contribution in [0.4, 0.5) is 0 Å². The monoisotopic (exact) mass is 232 g/mol. The maximum atomic E-state index is 10.4. The minimum Gasteiger partial charge on any atom is -0.390 e. The highest BCUT2D eigenvalue weighted by Crippen LogP contribution is 2.71. The quantitative estimate of drug-likeness (QED) is 0.670. The first-order valence-corrected chi connectivity index (χ1v) is 6.73. The first-order valence-electron chi connectivity index (χ1n) is 5.09. The lowest BCUT2D eigenvalue weighted by Gasteiger charge is -2.65. The number of hydrogen-bond acceptors (Lipinski definition) is 4. The average molecular weight is 232 g/mol. The topological polar surface area (TPSA) is 40.5 Å². The van der Waals surface area contributed by atoms with Crippen molar-refractivity contribution < 1.29 is 10.2 Å². The zero-order valence-corrected chi connectivity index (χ0v) is 10.2. The van der Waals surface area contributed by atoms with Crippen LogP contribution < -0.4 is 0 Å². The highest BCUT2D eigenvalue weighted by molar-refractivity contribution is 8.20. The standard InChI is InChI=1S/C10H16O2S2/c1-7-3-9(11)5-8(2,13-7)14-10(12,4-7)6-9/h11-12H,3-6H2,1-2H3/t7-,8-,9+,10-/m1/s1. The number of rotatable bonds is 0. The Bertz CT molecular complexity index is 209. The Morgan fingerprint density at radius 2 is 1.64 bits per heavy atom. The summed E-state index contributed by atoms with van der Waals surface area (Å²) in [5.41, 5.74) is -0.604. The van der Waals surface area contributed by atoms with Crippen LogP contribution in [0.1, 0.15) is 39.5 Å². The van der Waals surface area contributed by atoms with Gasteiger partial charge in [0.05, 0.1) is 9.68 Å². The van der Waals surface area contributed by atoms with Gasteiger partial charge in [-0.3, -0.25) is 0 Å². The van der Waals surface area contributed by atoms with E-state index in [1.165, 1.54) is 0 Å². The molecule has 0 amide bonds. The molecule has 4 fully saturated rings. The van der Waals surface area contributed by atoms with E-state index in [4.69, 9.17) is 0 Å². The largest absolute Gasteiger partial charge is 0.390 e. The van der Waals surface area contributed by atoms with Crippen molar-refractivity contribution in [3.05, 3.63) is 0 Å². The van der Waals surface area contributed by atoms with Gasteiger partial charge in [-0.15, -0.1) is 23.5 Å². The molecule has 0 aromatic heterocycles. The van der Waals surface area contributed by atoms with Crippen molar-refractivity contribution in [2.75, 3.05) is 0 Å². The summed E-state index contributed by atoms with van der Waals surface area (Å²) in [6, 6.07) is 0. The molecule has 3 aliphatic heterocycles. The lowest BCUT2D eigenvalue weighted by molar-refractivity contribution is -0.0893. The summed E-state index contributed by atoms with van der Waals surface area (Å²) >= 11 is 3.62. The molecule has 0 aromatic carbocycles. The number of thioether (sulfide) groups is 2. The van der Waals surface area contributed by atoms with Gasteiger partial charge in [0.15, 0.2) is 0 Å². The normalized spacial score (nSPS) is 66.0. The van der Waals surface area contributed by atoms with Crippen LogP contribution in [0.3, 0.4) is 0 Å². The Morgan fingerprint density at radius 1 is 0.929 bits per heavy atom. The predicted molar refractivity (Wildman–Crippen MR) is 60.4 cm³/mol. The van der Waals surface area contributed by atoms with Gasteiger partial charge < -0.3 is 10.2 Å². The molecule has 1 aliphatic carbocycles. The average Bonchev–Trinajstić information content (AvgIpc) is 1.67. The van der Waals surface area contributed by atoms with Crippen molar-refractivity contribution in [1.29, 1.82) is 0 Å². The van der Waals surface area contributed by atoms with Crippen molar-refractivity contribution in [3.63, 3.8) is 0 Å². The summed E-state index contributed by atoms with van der Waals surface area (Å²) in [7, 11) is 0. The van der Waals surface area contributed by atoms with Gasteiger partial charge in [0.2, 0.25) is 0 Å². The van der Waals surface area contributed by atoms with Crippen molar-refractivity contribution in [3.8, 4) is 0 Å². The molecular weight excluding hydrogens is 216 g/mol. The third kappa shape index (κ3) is 1.27. The summed E-state index contributed by atoms with van der Waals surface area (Å²) in [6.45, 7) is 4.35. The molecule has 0 aromatic rings. The van der Waals surface area contributed by atoms with Crippen LogP contribution in [0.25, 0.3) is 0 Å². The van der Waals surface area contributed by atoms with Crippen molar-refractivity contribution in [2.45, 2.75) is 58.9 Å². The molecule has 4 aliphatic rings. The predicted octanol–water partition coefficient (Wildman–Crippen LogP) is 1.95. The molecule has 80 valence electrons. The van der Waals surface area contributed by atoms with E-state index in [-0.39, 0.29) is 8.83 Å². The summed E-state index contributed by atoms with van der Waals surface area (Å²) in [5, 5.41) is 20.8. The smallest absolute Gasteiger partial charge is 0.115 e. The van der Waals surface area contributed by atoms with Crippen LogP contribution in [0.5, 0.6) is 0 Å². The van der Waals surface area contributed by atoms with Crippen LogP contribution in [-0.2, 0) is 0 Å². The molecule has 0 radical (unpaired) electrons. The maximum Gasteiger partial charge on any atom is 0.115 e. The van der Waals surface area contributed by atoms with E-state index in [1.54, 1.807) is 11.8 Å². The molecule has 3 heterocycles. The first kappa shape index (κ1) is 9.82. The van der Waals surface area contributed by atoms with Crippen LogP contribution in [0.2, 0.25) is 0 Å².